The Bertz CT molecular complexity index is 543. The summed E-state index contributed by atoms with van der Waals surface area (Å²) in [7, 11) is 0. The Hall–Kier alpha value is -1.90. The van der Waals surface area contributed by atoms with Crippen LogP contribution in [-0.2, 0) is 6.42 Å². The Morgan fingerprint density at radius 1 is 1.29 bits per heavy atom. The molecule has 1 aromatic rings. The van der Waals surface area contributed by atoms with Gasteiger partial charge in [0, 0.05) is 18.4 Å². The van der Waals surface area contributed by atoms with Crippen molar-refractivity contribution in [1.29, 1.82) is 0 Å². The fraction of sp³-hybridized carbons (Fsp3) is 0.286. The molecule has 0 N–H and O–H groups in total. The van der Waals surface area contributed by atoms with Crippen LogP contribution in [0.2, 0.25) is 0 Å². The van der Waals surface area contributed by atoms with Crippen LogP contribution in [0.5, 0.6) is 0 Å². The number of nitrogens with zero attached hydrogens (tertiary/aromatic N) is 1. The molecule has 3 nitrogen and oxygen atoms in total. The quantitative estimate of drug-likeness (QED) is 0.546. The lowest BCUT2D eigenvalue weighted by Crippen LogP contribution is -2.16. The molecule has 0 amide bonds. The molecular formula is C14H13NO2. The Balaban J connectivity index is 2.02. The van der Waals surface area contributed by atoms with Gasteiger partial charge in [-0.2, -0.15) is 0 Å². The van der Waals surface area contributed by atoms with Gasteiger partial charge in [0.25, 0.3) is 0 Å². The molecule has 1 atom stereocenters. The SMILES string of the molecule is O=[N+]([O-])C1=CC2=CCc3ccccc3C2CC1. The van der Waals surface area contributed by atoms with E-state index in [-0.39, 0.29) is 4.92 Å². The molecule has 0 saturated carbocycles. The third-order valence-corrected chi connectivity index (χ3v) is 3.65. The van der Waals surface area contributed by atoms with Crippen molar-refractivity contribution in [3.8, 4) is 0 Å². The second kappa shape index (κ2) is 3.84. The van der Waals surface area contributed by atoms with Crippen LogP contribution in [0.1, 0.15) is 29.9 Å². The van der Waals surface area contributed by atoms with Crippen LogP contribution in [0, 0.1) is 10.1 Å². The van der Waals surface area contributed by atoms with Crippen molar-refractivity contribution in [2.75, 3.05) is 0 Å². The first-order valence-electron chi connectivity index (χ1n) is 5.88. The Kier molecular flexibility index (Phi) is 2.32. The molecule has 0 aliphatic heterocycles. The standard InChI is InChI=1S/C14H13NO2/c16-15(17)12-7-8-14-11(9-12)6-5-10-3-1-2-4-13(10)14/h1-4,6,9,14H,5,7-8H2. The molecule has 2 aliphatic rings. The maximum absolute atomic E-state index is 10.8. The minimum atomic E-state index is -0.252. The first kappa shape index (κ1) is 10.3. The van der Waals surface area contributed by atoms with Crippen LogP contribution >= 0.6 is 0 Å². The van der Waals surface area contributed by atoms with Gasteiger partial charge in [0.05, 0.1) is 4.92 Å². The summed E-state index contributed by atoms with van der Waals surface area (Å²) in [5.41, 5.74) is 4.19. The summed E-state index contributed by atoms with van der Waals surface area (Å²) < 4.78 is 0. The second-order valence-corrected chi connectivity index (χ2v) is 4.59. The lowest BCUT2D eigenvalue weighted by molar-refractivity contribution is -0.428. The molecule has 1 aromatic carbocycles. The van der Waals surface area contributed by atoms with E-state index in [9.17, 15) is 10.1 Å². The van der Waals surface area contributed by atoms with Crippen molar-refractivity contribution in [3.05, 3.63) is 68.9 Å². The summed E-state index contributed by atoms with van der Waals surface area (Å²) in [4.78, 5) is 10.5. The smallest absolute Gasteiger partial charge is 0.246 e. The van der Waals surface area contributed by atoms with Crippen molar-refractivity contribution >= 4 is 0 Å². The first-order chi connectivity index (χ1) is 8.25. The molecule has 86 valence electrons. The fourth-order valence-electron chi connectivity index (χ4n) is 2.79. The van der Waals surface area contributed by atoms with Gasteiger partial charge in [0.15, 0.2) is 0 Å². The highest BCUT2D eigenvalue weighted by Gasteiger charge is 2.29. The van der Waals surface area contributed by atoms with Gasteiger partial charge in [-0.25, -0.2) is 0 Å². The molecule has 0 fully saturated rings. The average molecular weight is 227 g/mol. The summed E-state index contributed by atoms with van der Waals surface area (Å²) in [6.07, 6.45) is 6.22. The highest BCUT2D eigenvalue weighted by Crippen LogP contribution is 2.40. The van der Waals surface area contributed by atoms with Gasteiger partial charge < -0.3 is 0 Å². The van der Waals surface area contributed by atoms with Gasteiger partial charge in [-0.3, -0.25) is 10.1 Å². The van der Waals surface area contributed by atoms with E-state index in [4.69, 9.17) is 0 Å². The Morgan fingerprint density at radius 3 is 2.94 bits per heavy atom. The maximum Gasteiger partial charge on any atom is 0.246 e. The number of rotatable bonds is 1. The largest absolute Gasteiger partial charge is 0.259 e. The monoisotopic (exact) mass is 227 g/mol. The molecule has 17 heavy (non-hydrogen) atoms. The van der Waals surface area contributed by atoms with E-state index in [0.717, 1.165) is 18.4 Å². The number of hydrogen-bond donors (Lipinski definition) is 0. The summed E-state index contributed by atoms with van der Waals surface area (Å²) in [6, 6.07) is 8.40. The van der Waals surface area contributed by atoms with Crippen LogP contribution in [0.25, 0.3) is 0 Å². The molecule has 0 saturated heterocycles. The van der Waals surface area contributed by atoms with Crippen LogP contribution in [0.4, 0.5) is 0 Å². The van der Waals surface area contributed by atoms with Crippen LogP contribution in [0.3, 0.4) is 0 Å². The minimum Gasteiger partial charge on any atom is -0.259 e. The summed E-state index contributed by atoms with van der Waals surface area (Å²) in [6.45, 7) is 0. The van der Waals surface area contributed by atoms with E-state index < -0.39 is 0 Å². The number of benzene rings is 1. The molecular weight excluding hydrogens is 214 g/mol. The van der Waals surface area contributed by atoms with Gasteiger partial charge in [-0.05, 0) is 29.5 Å². The van der Waals surface area contributed by atoms with Crippen LogP contribution in [0.15, 0.2) is 47.7 Å². The summed E-state index contributed by atoms with van der Waals surface area (Å²) in [5.74, 6) is 0.364. The highest BCUT2D eigenvalue weighted by atomic mass is 16.6. The second-order valence-electron chi connectivity index (χ2n) is 4.59. The van der Waals surface area contributed by atoms with Crippen LogP contribution in [-0.4, -0.2) is 4.92 Å². The van der Waals surface area contributed by atoms with Crippen molar-refractivity contribution in [2.24, 2.45) is 0 Å². The molecule has 2 aliphatic carbocycles. The third-order valence-electron chi connectivity index (χ3n) is 3.65. The van der Waals surface area contributed by atoms with Crippen molar-refractivity contribution in [2.45, 2.75) is 25.2 Å². The molecule has 3 rings (SSSR count). The van der Waals surface area contributed by atoms with Crippen molar-refractivity contribution in [1.82, 2.24) is 0 Å². The lowest BCUT2D eigenvalue weighted by atomic mass is 9.76. The molecule has 0 radical (unpaired) electrons. The van der Waals surface area contributed by atoms with Crippen molar-refractivity contribution < 1.29 is 4.92 Å². The normalized spacial score (nSPS) is 22.0. The Morgan fingerprint density at radius 2 is 2.12 bits per heavy atom. The van der Waals surface area contributed by atoms with Gasteiger partial charge >= 0.3 is 0 Å². The Labute approximate surface area is 99.6 Å². The highest BCUT2D eigenvalue weighted by molar-refractivity contribution is 5.46. The minimum absolute atomic E-state index is 0.252. The number of nitro groups is 1. The van der Waals surface area contributed by atoms with E-state index in [1.807, 2.05) is 0 Å². The van der Waals surface area contributed by atoms with Crippen LogP contribution < -0.4 is 0 Å². The van der Waals surface area contributed by atoms with E-state index in [1.54, 1.807) is 6.08 Å². The average Bonchev–Trinajstić information content (AvgIpc) is 2.38. The van der Waals surface area contributed by atoms with Gasteiger partial charge in [0.2, 0.25) is 5.70 Å². The number of fused-ring (bicyclic) bond motifs is 3. The fourth-order valence-corrected chi connectivity index (χ4v) is 2.79. The van der Waals surface area contributed by atoms with Gasteiger partial charge in [-0.15, -0.1) is 0 Å². The molecule has 0 heterocycles. The molecule has 3 heteroatoms. The van der Waals surface area contributed by atoms with Gasteiger partial charge in [-0.1, -0.05) is 30.3 Å². The van der Waals surface area contributed by atoms with E-state index in [1.165, 1.54) is 11.1 Å². The topological polar surface area (TPSA) is 43.1 Å². The van der Waals surface area contributed by atoms with E-state index in [0.29, 0.717) is 18.0 Å². The van der Waals surface area contributed by atoms with E-state index in [2.05, 4.69) is 30.3 Å². The molecule has 0 spiro atoms. The zero-order valence-corrected chi connectivity index (χ0v) is 9.43. The number of allylic oxidation sites excluding steroid dienone is 4. The predicted molar refractivity (Wildman–Crippen MR) is 65.3 cm³/mol. The zero-order valence-electron chi connectivity index (χ0n) is 9.43. The predicted octanol–water partition coefficient (Wildman–Crippen LogP) is 3.21. The lowest BCUT2D eigenvalue weighted by Gasteiger charge is -2.27. The van der Waals surface area contributed by atoms with Gasteiger partial charge in [0.1, 0.15) is 0 Å². The summed E-state index contributed by atoms with van der Waals surface area (Å²) >= 11 is 0. The third kappa shape index (κ3) is 1.68. The number of hydrogen-bond acceptors (Lipinski definition) is 2. The van der Waals surface area contributed by atoms with Crippen molar-refractivity contribution in [3.63, 3.8) is 0 Å². The molecule has 0 aromatic heterocycles. The van der Waals surface area contributed by atoms with E-state index >= 15 is 0 Å². The first-order valence-corrected chi connectivity index (χ1v) is 5.88. The zero-order chi connectivity index (χ0) is 11.8. The molecule has 0 bridgehead atoms. The molecule has 1 unspecified atom stereocenters. The maximum atomic E-state index is 10.8. The summed E-state index contributed by atoms with van der Waals surface area (Å²) in [5, 5.41) is 10.8.